The van der Waals surface area contributed by atoms with Gasteiger partial charge in [-0.3, -0.25) is 4.79 Å². The molecule has 0 saturated heterocycles. The first-order valence-electron chi connectivity index (χ1n) is 5.53. The van der Waals surface area contributed by atoms with Crippen LogP contribution >= 0.6 is 15.9 Å². The monoisotopic (exact) mass is 300 g/mol. The van der Waals surface area contributed by atoms with Gasteiger partial charge in [0.2, 0.25) is 5.91 Å². The maximum absolute atomic E-state index is 11.4. The standard InChI is InChI=1S/C12H17BrN2O2/c1-2-15(12(16)9-14)7-8-17-11-5-3-10(13)4-6-11/h3-6H,2,7-9,14H2,1H3. The number of amides is 1. The zero-order chi connectivity index (χ0) is 12.7. The van der Waals surface area contributed by atoms with Gasteiger partial charge in [0.25, 0.3) is 0 Å². The Morgan fingerprint density at radius 3 is 2.59 bits per heavy atom. The summed E-state index contributed by atoms with van der Waals surface area (Å²) in [5, 5.41) is 0. The van der Waals surface area contributed by atoms with E-state index in [1.807, 2.05) is 31.2 Å². The maximum Gasteiger partial charge on any atom is 0.236 e. The van der Waals surface area contributed by atoms with Gasteiger partial charge in [-0.2, -0.15) is 0 Å². The lowest BCUT2D eigenvalue weighted by atomic mass is 10.3. The molecule has 0 aliphatic heterocycles. The van der Waals surface area contributed by atoms with E-state index in [0.717, 1.165) is 10.2 Å². The van der Waals surface area contributed by atoms with Gasteiger partial charge in [-0.05, 0) is 31.2 Å². The molecule has 0 unspecified atom stereocenters. The van der Waals surface area contributed by atoms with E-state index in [2.05, 4.69) is 15.9 Å². The van der Waals surface area contributed by atoms with E-state index in [1.165, 1.54) is 0 Å². The summed E-state index contributed by atoms with van der Waals surface area (Å²) < 4.78 is 6.54. The van der Waals surface area contributed by atoms with E-state index in [0.29, 0.717) is 19.7 Å². The molecule has 0 saturated carbocycles. The lowest BCUT2D eigenvalue weighted by Gasteiger charge is -2.20. The second-order valence-corrected chi connectivity index (χ2v) is 4.40. The highest BCUT2D eigenvalue weighted by Crippen LogP contribution is 2.15. The number of carbonyl (C=O) groups is 1. The van der Waals surface area contributed by atoms with Gasteiger partial charge < -0.3 is 15.4 Å². The SMILES string of the molecule is CCN(CCOc1ccc(Br)cc1)C(=O)CN. The Kier molecular flexibility index (Phi) is 6.00. The summed E-state index contributed by atoms with van der Waals surface area (Å²) in [6.45, 7) is 3.66. The van der Waals surface area contributed by atoms with Crippen LogP contribution in [-0.4, -0.2) is 37.0 Å². The van der Waals surface area contributed by atoms with Crippen LogP contribution in [-0.2, 0) is 4.79 Å². The Labute approximate surface area is 110 Å². The summed E-state index contributed by atoms with van der Waals surface area (Å²) in [6, 6.07) is 7.59. The molecule has 0 radical (unpaired) electrons. The predicted octanol–water partition coefficient (Wildman–Crippen LogP) is 1.64. The molecule has 1 rings (SSSR count). The van der Waals surface area contributed by atoms with Crippen molar-refractivity contribution in [2.75, 3.05) is 26.2 Å². The number of halogens is 1. The van der Waals surface area contributed by atoms with E-state index >= 15 is 0 Å². The number of carbonyl (C=O) groups excluding carboxylic acids is 1. The quantitative estimate of drug-likeness (QED) is 0.869. The van der Waals surface area contributed by atoms with Crippen LogP contribution in [0.4, 0.5) is 0 Å². The van der Waals surface area contributed by atoms with Crippen molar-refractivity contribution in [1.82, 2.24) is 4.90 Å². The maximum atomic E-state index is 11.4. The lowest BCUT2D eigenvalue weighted by molar-refractivity contribution is -0.129. The van der Waals surface area contributed by atoms with Crippen molar-refractivity contribution >= 4 is 21.8 Å². The highest BCUT2D eigenvalue weighted by molar-refractivity contribution is 9.10. The van der Waals surface area contributed by atoms with E-state index in [1.54, 1.807) is 4.90 Å². The molecule has 0 aliphatic rings. The van der Waals surface area contributed by atoms with Gasteiger partial charge in [-0.25, -0.2) is 0 Å². The van der Waals surface area contributed by atoms with Gasteiger partial charge in [0.15, 0.2) is 0 Å². The number of rotatable bonds is 6. The summed E-state index contributed by atoms with van der Waals surface area (Å²) in [5.41, 5.74) is 5.31. The fraction of sp³-hybridized carbons (Fsp3) is 0.417. The van der Waals surface area contributed by atoms with Crippen molar-refractivity contribution in [3.63, 3.8) is 0 Å². The number of benzene rings is 1. The molecule has 0 heterocycles. The first-order valence-corrected chi connectivity index (χ1v) is 6.33. The molecule has 1 amide bonds. The average Bonchev–Trinajstić information content (AvgIpc) is 2.36. The molecule has 17 heavy (non-hydrogen) atoms. The predicted molar refractivity (Wildman–Crippen MR) is 70.9 cm³/mol. The highest BCUT2D eigenvalue weighted by Gasteiger charge is 2.08. The summed E-state index contributed by atoms with van der Waals surface area (Å²) in [4.78, 5) is 13.0. The number of likely N-dealkylation sites (N-methyl/N-ethyl adjacent to an activating group) is 1. The fourth-order valence-electron chi connectivity index (χ4n) is 1.39. The van der Waals surface area contributed by atoms with Crippen molar-refractivity contribution in [1.29, 1.82) is 0 Å². The molecule has 0 atom stereocenters. The minimum absolute atomic E-state index is 0.0477. The van der Waals surface area contributed by atoms with Crippen LogP contribution in [0.5, 0.6) is 5.75 Å². The zero-order valence-corrected chi connectivity index (χ0v) is 11.4. The van der Waals surface area contributed by atoms with Gasteiger partial charge in [0.05, 0.1) is 13.1 Å². The molecule has 0 aliphatic carbocycles. The Morgan fingerprint density at radius 1 is 1.41 bits per heavy atom. The molecule has 0 spiro atoms. The van der Waals surface area contributed by atoms with Crippen LogP contribution in [0.2, 0.25) is 0 Å². The van der Waals surface area contributed by atoms with Crippen molar-refractivity contribution in [3.8, 4) is 5.75 Å². The lowest BCUT2D eigenvalue weighted by Crippen LogP contribution is -2.38. The number of nitrogens with two attached hydrogens (primary N) is 1. The second kappa shape index (κ2) is 7.29. The molecule has 4 nitrogen and oxygen atoms in total. The molecule has 5 heteroatoms. The molecule has 0 bridgehead atoms. The number of hydrogen-bond acceptors (Lipinski definition) is 3. The van der Waals surface area contributed by atoms with Crippen molar-refractivity contribution in [3.05, 3.63) is 28.7 Å². The Hall–Kier alpha value is -1.07. The van der Waals surface area contributed by atoms with Crippen molar-refractivity contribution in [2.45, 2.75) is 6.92 Å². The summed E-state index contributed by atoms with van der Waals surface area (Å²) in [7, 11) is 0. The van der Waals surface area contributed by atoms with Crippen LogP contribution in [0.3, 0.4) is 0 Å². The number of hydrogen-bond donors (Lipinski definition) is 1. The van der Waals surface area contributed by atoms with Gasteiger partial charge in [0.1, 0.15) is 12.4 Å². The Morgan fingerprint density at radius 2 is 2.06 bits per heavy atom. The first-order chi connectivity index (χ1) is 8.17. The van der Waals surface area contributed by atoms with Gasteiger partial charge in [-0.15, -0.1) is 0 Å². The smallest absolute Gasteiger partial charge is 0.236 e. The largest absolute Gasteiger partial charge is 0.492 e. The number of nitrogens with zero attached hydrogens (tertiary/aromatic N) is 1. The van der Waals surface area contributed by atoms with Crippen molar-refractivity contribution in [2.24, 2.45) is 5.73 Å². The third-order valence-electron chi connectivity index (χ3n) is 2.35. The fourth-order valence-corrected chi connectivity index (χ4v) is 1.66. The highest BCUT2D eigenvalue weighted by atomic mass is 79.9. The van der Waals surface area contributed by atoms with Gasteiger partial charge in [0, 0.05) is 11.0 Å². The zero-order valence-electron chi connectivity index (χ0n) is 9.86. The summed E-state index contributed by atoms with van der Waals surface area (Å²) in [5.74, 6) is 0.747. The molecule has 1 aromatic carbocycles. The molecule has 0 fully saturated rings. The molecule has 94 valence electrons. The summed E-state index contributed by atoms with van der Waals surface area (Å²) >= 11 is 3.35. The average molecular weight is 301 g/mol. The van der Waals surface area contributed by atoms with E-state index in [9.17, 15) is 4.79 Å². The molecular formula is C12H17BrN2O2. The Balaban J connectivity index is 2.36. The minimum atomic E-state index is -0.0492. The van der Waals surface area contributed by atoms with Crippen LogP contribution in [0, 0.1) is 0 Å². The minimum Gasteiger partial charge on any atom is -0.492 e. The van der Waals surface area contributed by atoms with Crippen LogP contribution in [0.1, 0.15) is 6.92 Å². The first kappa shape index (κ1) is 14.0. The topological polar surface area (TPSA) is 55.6 Å². The van der Waals surface area contributed by atoms with Crippen LogP contribution in [0.25, 0.3) is 0 Å². The summed E-state index contributed by atoms with van der Waals surface area (Å²) in [6.07, 6.45) is 0. The van der Waals surface area contributed by atoms with Crippen LogP contribution < -0.4 is 10.5 Å². The molecule has 2 N–H and O–H groups in total. The molecular weight excluding hydrogens is 284 g/mol. The molecule has 1 aromatic rings. The van der Waals surface area contributed by atoms with Gasteiger partial charge in [-0.1, -0.05) is 15.9 Å². The second-order valence-electron chi connectivity index (χ2n) is 3.48. The van der Waals surface area contributed by atoms with E-state index in [4.69, 9.17) is 10.5 Å². The Bertz CT molecular complexity index is 354. The third kappa shape index (κ3) is 4.75. The molecule has 0 aromatic heterocycles. The third-order valence-corrected chi connectivity index (χ3v) is 2.88. The van der Waals surface area contributed by atoms with E-state index < -0.39 is 0 Å². The van der Waals surface area contributed by atoms with Gasteiger partial charge >= 0.3 is 0 Å². The van der Waals surface area contributed by atoms with Crippen molar-refractivity contribution < 1.29 is 9.53 Å². The normalized spacial score (nSPS) is 10.1. The van der Waals surface area contributed by atoms with Crippen LogP contribution in [0.15, 0.2) is 28.7 Å². The number of ether oxygens (including phenoxy) is 1. The van der Waals surface area contributed by atoms with E-state index in [-0.39, 0.29) is 12.5 Å².